The maximum absolute atomic E-state index is 5.20. The molecule has 0 aromatic heterocycles. The summed E-state index contributed by atoms with van der Waals surface area (Å²) in [5, 5.41) is 10.4. The maximum atomic E-state index is 5.20. The highest BCUT2D eigenvalue weighted by Crippen LogP contribution is 2.22. The lowest BCUT2D eigenvalue weighted by Gasteiger charge is -2.43. The molecule has 0 fully saturated rings. The van der Waals surface area contributed by atoms with E-state index in [-0.39, 0.29) is 0 Å². The second-order valence-electron chi connectivity index (χ2n) is 10.9. The first-order chi connectivity index (χ1) is 10.8. The molecule has 0 rings (SSSR count). The van der Waals surface area contributed by atoms with Crippen LogP contribution in [0.15, 0.2) is 10.2 Å². The van der Waals surface area contributed by atoms with Crippen LogP contribution in [-0.4, -0.2) is 53.0 Å². The highest BCUT2D eigenvalue weighted by Gasteiger charge is 2.36. The number of hydrazone groups is 2. The van der Waals surface area contributed by atoms with Gasteiger partial charge in [-0.1, -0.05) is 85.5 Å². The Labute approximate surface area is 162 Å². The lowest BCUT2D eigenvalue weighted by molar-refractivity contribution is 0.657. The second kappa shape index (κ2) is 8.22. The van der Waals surface area contributed by atoms with Crippen molar-refractivity contribution in [3.63, 3.8) is 0 Å². The smallest absolute Gasteiger partial charge is 0.158 e. The summed E-state index contributed by atoms with van der Waals surface area (Å²) in [6.45, 7) is 33.1. The molecule has 0 saturated heterocycles. The summed E-state index contributed by atoms with van der Waals surface area (Å²) in [5.74, 6) is 0. The number of hydrogen-bond acceptors (Lipinski definition) is 4. The Morgan fingerprint density at radius 3 is 1.12 bits per heavy atom. The van der Waals surface area contributed by atoms with E-state index in [9.17, 15) is 0 Å². The van der Waals surface area contributed by atoms with E-state index >= 15 is 0 Å². The van der Waals surface area contributed by atoms with Crippen molar-refractivity contribution in [3.05, 3.63) is 0 Å². The summed E-state index contributed by atoms with van der Waals surface area (Å²) in [6, 6.07) is 0. The van der Waals surface area contributed by atoms with E-state index < -0.39 is 32.9 Å². The fourth-order valence-corrected chi connectivity index (χ4v) is 21.2. The Morgan fingerprint density at radius 1 is 0.600 bits per heavy atom. The summed E-state index contributed by atoms with van der Waals surface area (Å²) in [4.78, 5) is 0. The Balaban J connectivity index is 6.09. The van der Waals surface area contributed by atoms with E-state index in [2.05, 4.69) is 101 Å². The fraction of sp³-hybridized carbons (Fsp3) is 0.882. The van der Waals surface area contributed by atoms with E-state index in [0.717, 1.165) is 17.8 Å². The topological polar surface area (TPSA) is 31.2 Å². The van der Waals surface area contributed by atoms with E-state index in [1.807, 2.05) is 0 Å². The summed E-state index contributed by atoms with van der Waals surface area (Å²) < 4.78 is 5.00. The van der Waals surface area contributed by atoms with Gasteiger partial charge in [-0.15, -0.1) is 0 Å². The quantitative estimate of drug-likeness (QED) is 0.273. The molecule has 4 nitrogen and oxygen atoms in total. The van der Waals surface area contributed by atoms with E-state index in [1.54, 1.807) is 0 Å². The van der Waals surface area contributed by atoms with Gasteiger partial charge in [0, 0.05) is 0 Å². The molecule has 0 heterocycles. The van der Waals surface area contributed by atoms with Crippen LogP contribution in [0.5, 0.6) is 0 Å². The SMILES string of the molecule is CCC(=N\N([Si](C)(C)C)[Si](C)(C)C)/C(C)=N/N([Si](C)(C)C)[Si](C)(C)C. The first-order valence-corrected chi connectivity index (χ1v) is 23.3. The highest BCUT2D eigenvalue weighted by molar-refractivity contribution is 6.90. The van der Waals surface area contributed by atoms with Gasteiger partial charge in [0.25, 0.3) is 0 Å². The molecule has 0 aromatic rings. The molecule has 8 heteroatoms. The van der Waals surface area contributed by atoms with Gasteiger partial charge in [-0.25, -0.2) is 0 Å². The van der Waals surface area contributed by atoms with Gasteiger partial charge in [0.1, 0.15) is 0 Å². The van der Waals surface area contributed by atoms with Gasteiger partial charge < -0.3 is 8.68 Å². The lowest BCUT2D eigenvalue weighted by Crippen LogP contribution is -2.57. The summed E-state index contributed by atoms with van der Waals surface area (Å²) in [6.07, 6.45) is 0.937. The van der Waals surface area contributed by atoms with Gasteiger partial charge in [0.2, 0.25) is 0 Å². The molecule has 148 valence electrons. The van der Waals surface area contributed by atoms with Crippen LogP contribution < -0.4 is 0 Å². The van der Waals surface area contributed by atoms with Crippen LogP contribution in [-0.2, 0) is 0 Å². The number of rotatable bonds is 8. The predicted octanol–water partition coefficient (Wildman–Crippen LogP) is 6.07. The molecule has 0 unspecified atom stereocenters. The van der Waals surface area contributed by atoms with Gasteiger partial charge in [-0.05, 0) is 13.3 Å². The molecule has 0 aromatic carbocycles. The Kier molecular flexibility index (Phi) is 8.16. The van der Waals surface area contributed by atoms with Crippen LogP contribution in [0.3, 0.4) is 0 Å². The van der Waals surface area contributed by atoms with Crippen LogP contribution in [0.2, 0.25) is 78.6 Å². The number of nitrogens with zero attached hydrogens (tertiary/aromatic N) is 4. The average molecular weight is 417 g/mol. The zero-order valence-electron chi connectivity index (χ0n) is 19.5. The van der Waals surface area contributed by atoms with Crippen LogP contribution in [0, 0.1) is 0 Å². The van der Waals surface area contributed by atoms with Crippen molar-refractivity contribution in [2.24, 2.45) is 10.2 Å². The van der Waals surface area contributed by atoms with Crippen molar-refractivity contribution >= 4 is 44.4 Å². The van der Waals surface area contributed by atoms with Gasteiger partial charge in [0.15, 0.2) is 32.9 Å². The van der Waals surface area contributed by atoms with Crippen molar-refractivity contribution in [2.45, 2.75) is 98.8 Å². The molecule has 0 aliphatic heterocycles. The first-order valence-electron chi connectivity index (χ1n) is 9.55. The van der Waals surface area contributed by atoms with Crippen molar-refractivity contribution < 1.29 is 0 Å². The van der Waals surface area contributed by atoms with E-state index in [0.29, 0.717) is 0 Å². The monoisotopic (exact) mass is 416 g/mol. The van der Waals surface area contributed by atoms with E-state index in [1.165, 1.54) is 0 Å². The van der Waals surface area contributed by atoms with Crippen molar-refractivity contribution in [1.29, 1.82) is 0 Å². The molecule has 0 N–H and O–H groups in total. The third-order valence-electron chi connectivity index (χ3n) is 3.76. The molecular weight excluding hydrogens is 373 g/mol. The Hall–Kier alpha value is -0.192. The van der Waals surface area contributed by atoms with Crippen LogP contribution in [0.4, 0.5) is 0 Å². The summed E-state index contributed by atoms with van der Waals surface area (Å²) in [7, 11) is -6.01. The van der Waals surface area contributed by atoms with Crippen LogP contribution in [0.1, 0.15) is 20.3 Å². The van der Waals surface area contributed by atoms with Gasteiger partial charge in [0.05, 0.1) is 11.4 Å². The molecule has 0 amide bonds. The molecular formula is C17H44N4Si4. The summed E-state index contributed by atoms with van der Waals surface area (Å²) in [5.41, 5.74) is 2.26. The van der Waals surface area contributed by atoms with Gasteiger partial charge >= 0.3 is 0 Å². The van der Waals surface area contributed by atoms with Gasteiger partial charge in [-0.2, -0.15) is 10.2 Å². The Morgan fingerprint density at radius 2 is 0.880 bits per heavy atom. The van der Waals surface area contributed by atoms with Crippen molar-refractivity contribution in [1.82, 2.24) is 8.68 Å². The maximum Gasteiger partial charge on any atom is 0.158 e. The highest BCUT2D eigenvalue weighted by atomic mass is 28.4. The minimum atomic E-state index is -1.50. The van der Waals surface area contributed by atoms with Gasteiger partial charge in [-0.3, -0.25) is 0 Å². The zero-order valence-corrected chi connectivity index (χ0v) is 23.5. The predicted molar refractivity (Wildman–Crippen MR) is 128 cm³/mol. The largest absolute Gasteiger partial charge is 0.350 e. The minimum Gasteiger partial charge on any atom is -0.350 e. The molecule has 0 radical (unpaired) electrons. The molecule has 0 spiro atoms. The van der Waals surface area contributed by atoms with Crippen molar-refractivity contribution in [3.8, 4) is 0 Å². The van der Waals surface area contributed by atoms with E-state index in [4.69, 9.17) is 10.2 Å². The first kappa shape index (κ1) is 24.8. The zero-order chi connectivity index (χ0) is 20.4. The second-order valence-corrected chi connectivity index (χ2v) is 30.8. The normalized spacial score (nSPS) is 15.4. The molecule has 0 aliphatic carbocycles. The standard InChI is InChI=1S/C17H44N4Si4/c1-15-17(19-21(24(9,10)11)25(12,13)14)16(2)18-20(22(3,4)5)23(6,7)8/h15H2,1-14H3/b18-16+,19-17+. The summed E-state index contributed by atoms with van der Waals surface area (Å²) >= 11 is 0. The molecule has 0 bridgehead atoms. The third-order valence-corrected chi connectivity index (χ3v) is 17.3. The molecule has 0 saturated carbocycles. The van der Waals surface area contributed by atoms with Crippen LogP contribution in [0.25, 0.3) is 0 Å². The lowest BCUT2D eigenvalue weighted by atomic mass is 10.2. The average Bonchev–Trinajstić information content (AvgIpc) is 2.30. The van der Waals surface area contributed by atoms with Crippen LogP contribution >= 0.6 is 0 Å². The molecule has 0 atom stereocenters. The number of hydrogen-bond donors (Lipinski definition) is 0. The third kappa shape index (κ3) is 7.92. The van der Waals surface area contributed by atoms with Crippen molar-refractivity contribution in [2.75, 3.05) is 0 Å². The Bertz CT molecular complexity index is 475. The fourth-order valence-electron chi connectivity index (χ4n) is 3.34. The molecule has 25 heavy (non-hydrogen) atoms. The minimum absolute atomic E-state index is 0.937. The molecule has 0 aliphatic rings.